The van der Waals surface area contributed by atoms with Crippen LogP contribution in [0.1, 0.15) is 32.2 Å². The van der Waals surface area contributed by atoms with Crippen LogP contribution in [0.4, 0.5) is 5.00 Å². The molecule has 8 nitrogen and oxygen atoms in total. The second-order valence-corrected chi connectivity index (χ2v) is 7.01. The molecule has 2 heterocycles. The lowest BCUT2D eigenvalue weighted by molar-refractivity contribution is -0.380. The highest BCUT2D eigenvalue weighted by Gasteiger charge is 2.09. The van der Waals surface area contributed by atoms with Crippen molar-refractivity contribution in [3.8, 4) is 0 Å². The number of nitro groups is 1. The molecule has 9 heteroatoms. The standard InChI is InChI=1S/C18H17N5O3S/c1-12-8-13(2)22(21-12)11-14-4-3-5-15(9-14)18(24)20-19-10-16-6-7-17(27-16)23(25)26/h3-10H,11H2,1-2H3,(H,20,24)/b19-10-. The number of benzene rings is 1. The van der Waals surface area contributed by atoms with Gasteiger partial charge in [0.1, 0.15) is 0 Å². The number of thiophene rings is 1. The minimum Gasteiger partial charge on any atom is -0.267 e. The molecule has 0 saturated heterocycles. The predicted octanol–water partition coefficient (Wildman–Crippen LogP) is 3.28. The molecular formula is C18H17N5O3S. The molecule has 1 aromatic carbocycles. The van der Waals surface area contributed by atoms with Gasteiger partial charge in [-0.1, -0.05) is 23.5 Å². The number of nitrogens with one attached hydrogen (secondary N) is 1. The second kappa shape index (κ2) is 7.92. The van der Waals surface area contributed by atoms with Crippen LogP contribution in [0.15, 0.2) is 47.6 Å². The van der Waals surface area contributed by atoms with E-state index < -0.39 is 4.92 Å². The van der Waals surface area contributed by atoms with Crippen molar-refractivity contribution in [3.63, 3.8) is 0 Å². The largest absolute Gasteiger partial charge is 0.324 e. The summed E-state index contributed by atoms with van der Waals surface area (Å²) in [7, 11) is 0. The summed E-state index contributed by atoms with van der Waals surface area (Å²) in [5, 5.41) is 19.0. The zero-order valence-corrected chi connectivity index (χ0v) is 15.6. The summed E-state index contributed by atoms with van der Waals surface area (Å²) < 4.78 is 1.88. The van der Waals surface area contributed by atoms with Crippen molar-refractivity contribution in [3.05, 3.63) is 80.0 Å². The normalized spacial score (nSPS) is 11.0. The molecule has 3 rings (SSSR count). The lowest BCUT2D eigenvalue weighted by Crippen LogP contribution is -2.18. The fourth-order valence-electron chi connectivity index (χ4n) is 2.55. The first-order valence-electron chi connectivity index (χ1n) is 8.10. The lowest BCUT2D eigenvalue weighted by Gasteiger charge is -2.06. The van der Waals surface area contributed by atoms with E-state index in [1.54, 1.807) is 18.2 Å². The number of aromatic nitrogens is 2. The first-order valence-corrected chi connectivity index (χ1v) is 8.91. The zero-order valence-electron chi connectivity index (χ0n) is 14.7. The maximum Gasteiger partial charge on any atom is 0.324 e. The number of aryl methyl sites for hydroxylation is 2. The average molecular weight is 383 g/mol. The lowest BCUT2D eigenvalue weighted by atomic mass is 10.1. The minimum atomic E-state index is -0.463. The number of amides is 1. The third-order valence-electron chi connectivity index (χ3n) is 3.78. The van der Waals surface area contributed by atoms with Gasteiger partial charge in [0.15, 0.2) is 0 Å². The molecular weight excluding hydrogens is 366 g/mol. The number of hydrogen-bond donors (Lipinski definition) is 1. The van der Waals surface area contributed by atoms with Crippen molar-refractivity contribution >= 4 is 28.5 Å². The highest BCUT2D eigenvalue weighted by molar-refractivity contribution is 7.16. The first kappa shape index (κ1) is 18.5. The summed E-state index contributed by atoms with van der Waals surface area (Å²) >= 11 is 0.986. The van der Waals surface area contributed by atoms with Gasteiger partial charge in [-0.2, -0.15) is 10.2 Å². The quantitative estimate of drug-likeness (QED) is 0.401. The molecule has 2 aromatic heterocycles. The van der Waals surface area contributed by atoms with E-state index in [2.05, 4.69) is 15.6 Å². The number of carbonyl (C=O) groups excluding carboxylic acids is 1. The number of hydrazone groups is 1. The van der Waals surface area contributed by atoms with Crippen LogP contribution in [0, 0.1) is 24.0 Å². The van der Waals surface area contributed by atoms with Gasteiger partial charge in [-0.05, 0) is 43.7 Å². The fraction of sp³-hybridized carbons (Fsp3) is 0.167. The van der Waals surface area contributed by atoms with E-state index in [0.717, 1.165) is 28.3 Å². The summed E-state index contributed by atoms with van der Waals surface area (Å²) in [6, 6.07) is 12.2. The summed E-state index contributed by atoms with van der Waals surface area (Å²) in [6.45, 7) is 4.50. The first-order chi connectivity index (χ1) is 12.9. The van der Waals surface area contributed by atoms with Gasteiger partial charge in [0.2, 0.25) is 0 Å². The van der Waals surface area contributed by atoms with Crippen molar-refractivity contribution in [1.82, 2.24) is 15.2 Å². The Morgan fingerprint density at radius 3 is 2.81 bits per heavy atom. The summed E-state index contributed by atoms with van der Waals surface area (Å²) in [6.07, 6.45) is 1.38. The molecule has 0 unspecified atom stereocenters. The van der Waals surface area contributed by atoms with Crippen LogP contribution in [-0.2, 0) is 6.54 Å². The highest BCUT2D eigenvalue weighted by atomic mass is 32.1. The Labute approximate surface area is 159 Å². The fourth-order valence-corrected chi connectivity index (χ4v) is 3.24. The van der Waals surface area contributed by atoms with Crippen LogP contribution in [0.3, 0.4) is 0 Å². The minimum absolute atomic E-state index is 0.0274. The Bertz CT molecular complexity index is 1020. The van der Waals surface area contributed by atoms with Crippen LogP contribution in [-0.4, -0.2) is 26.8 Å². The van der Waals surface area contributed by atoms with Crippen molar-refractivity contribution in [2.24, 2.45) is 5.10 Å². The molecule has 0 spiro atoms. The molecule has 0 aliphatic heterocycles. The maximum atomic E-state index is 12.3. The highest BCUT2D eigenvalue weighted by Crippen LogP contribution is 2.22. The predicted molar refractivity (Wildman–Crippen MR) is 103 cm³/mol. The second-order valence-electron chi connectivity index (χ2n) is 5.92. The summed E-state index contributed by atoms with van der Waals surface area (Å²) in [5.41, 5.74) is 5.86. The van der Waals surface area contributed by atoms with Crippen molar-refractivity contribution < 1.29 is 9.72 Å². The van der Waals surface area contributed by atoms with Gasteiger partial charge in [-0.3, -0.25) is 19.6 Å². The summed E-state index contributed by atoms with van der Waals surface area (Å²) in [5.74, 6) is -0.354. The molecule has 0 bridgehead atoms. The molecule has 1 amide bonds. The zero-order chi connectivity index (χ0) is 19.4. The molecule has 1 N–H and O–H groups in total. The van der Waals surface area contributed by atoms with Gasteiger partial charge in [-0.25, -0.2) is 5.43 Å². The Hall–Kier alpha value is -3.33. The van der Waals surface area contributed by atoms with Gasteiger partial charge in [0.25, 0.3) is 5.91 Å². The molecule has 0 radical (unpaired) electrons. The van der Waals surface area contributed by atoms with E-state index in [9.17, 15) is 14.9 Å². The van der Waals surface area contributed by atoms with E-state index in [1.807, 2.05) is 36.7 Å². The number of hydrogen-bond acceptors (Lipinski definition) is 6. The van der Waals surface area contributed by atoms with Gasteiger partial charge in [-0.15, -0.1) is 0 Å². The smallest absolute Gasteiger partial charge is 0.267 e. The van der Waals surface area contributed by atoms with E-state index >= 15 is 0 Å². The number of rotatable bonds is 6. The van der Waals surface area contributed by atoms with Crippen LogP contribution in [0.2, 0.25) is 0 Å². The molecule has 0 aliphatic carbocycles. The van der Waals surface area contributed by atoms with Gasteiger partial charge in [0, 0.05) is 17.3 Å². The van der Waals surface area contributed by atoms with Crippen LogP contribution in [0.5, 0.6) is 0 Å². The Balaban J connectivity index is 1.65. The van der Waals surface area contributed by atoms with E-state index in [1.165, 1.54) is 12.3 Å². The monoisotopic (exact) mass is 383 g/mol. The summed E-state index contributed by atoms with van der Waals surface area (Å²) in [4.78, 5) is 23.1. The molecule has 0 fully saturated rings. The van der Waals surface area contributed by atoms with E-state index in [-0.39, 0.29) is 10.9 Å². The molecule has 0 saturated carbocycles. The molecule has 27 heavy (non-hydrogen) atoms. The van der Waals surface area contributed by atoms with Gasteiger partial charge in [0.05, 0.1) is 28.3 Å². The van der Waals surface area contributed by atoms with Gasteiger partial charge >= 0.3 is 5.00 Å². The van der Waals surface area contributed by atoms with Gasteiger partial charge < -0.3 is 0 Å². The average Bonchev–Trinajstić information content (AvgIpc) is 3.22. The third kappa shape index (κ3) is 4.64. The molecule has 0 aliphatic rings. The van der Waals surface area contributed by atoms with Crippen molar-refractivity contribution in [2.75, 3.05) is 0 Å². The molecule has 138 valence electrons. The Kier molecular flexibility index (Phi) is 5.41. The maximum absolute atomic E-state index is 12.3. The van der Waals surface area contributed by atoms with Crippen LogP contribution >= 0.6 is 11.3 Å². The molecule has 3 aromatic rings. The number of nitrogens with zero attached hydrogens (tertiary/aromatic N) is 4. The van der Waals surface area contributed by atoms with E-state index in [4.69, 9.17) is 0 Å². The SMILES string of the molecule is Cc1cc(C)n(Cc2cccc(C(=O)N/N=C\c3ccc([N+](=O)[O-])s3)c2)n1. The van der Waals surface area contributed by atoms with E-state index in [0.29, 0.717) is 17.0 Å². The topological polar surface area (TPSA) is 102 Å². The Morgan fingerprint density at radius 2 is 2.15 bits per heavy atom. The van der Waals surface area contributed by atoms with Crippen molar-refractivity contribution in [2.45, 2.75) is 20.4 Å². The van der Waals surface area contributed by atoms with Crippen LogP contribution < -0.4 is 5.43 Å². The van der Waals surface area contributed by atoms with Crippen molar-refractivity contribution in [1.29, 1.82) is 0 Å². The number of carbonyl (C=O) groups is 1. The third-order valence-corrected chi connectivity index (χ3v) is 4.75. The molecule has 0 atom stereocenters. The van der Waals surface area contributed by atoms with Crippen LogP contribution in [0.25, 0.3) is 0 Å². The Morgan fingerprint density at radius 1 is 1.33 bits per heavy atom.